The molecule has 1 unspecified atom stereocenters. The zero-order valence-corrected chi connectivity index (χ0v) is 11.4. The second-order valence-corrected chi connectivity index (χ2v) is 4.62. The van der Waals surface area contributed by atoms with Gasteiger partial charge in [0.1, 0.15) is 6.33 Å². The molecule has 19 heavy (non-hydrogen) atoms. The lowest BCUT2D eigenvalue weighted by Gasteiger charge is -2.10. The van der Waals surface area contributed by atoms with E-state index in [-0.39, 0.29) is 11.8 Å². The van der Waals surface area contributed by atoms with Gasteiger partial charge in [-0.25, -0.2) is 4.98 Å². The zero-order chi connectivity index (χ0) is 13.8. The first kappa shape index (κ1) is 13.3. The van der Waals surface area contributed by atoms with Crippen molar-refractivity contribution in [3.05, 3.63) is 30.6 Å². The van der Waals surface area contributed by atoms with E-state index in [1.54, 1.807) is 11.0 Å². The number of aryl methyl sites for hydroxylation is 1. The maximum atomic E-state index is 11.8. The van der Waals surface area contributed by atoms with E-state index in [2.05, 4.69) is 15.4 Å². The Hall–Kier alpha value is -2.17. The van der Waals surface area contributed by atoms with Crippen molar-refractivity contribution in [1.29, 1.82) is 0 Å². The Bertz CT molecular complexity index is 576. The van der Waals surface area contributed by atoms with Crippen molar-refractivity contribution >= 4 is 11.6 Å². The Kier molecular flexibility index (Phi) is 3.94. The van der Waals surface area contributed by atoms with Crippen molar-refractivity contribution in [3.8, 4) is 11.4 Å². The van der Waals surface area contributed by atoms with Crippen LogP contribution in [-0.2, 0) is 11.8 Å². The minimum atomic E-state index is 0.0108. The highest BCUT2D eigenvalue weighted by atomic mass is 16.1. The van der Waals surface area contributed by atoms with Crippen LogP contribution in [0.25, 0.3) is 11.4 Å². The third-order valence-corrected chi connectivity index (χ3v) is 3.05. The second-order valence-electron chi connectivity index (χ2n) is 4.62. The molecule has 1 N–H and O–H groups in total. The van der Waals surface area contributed by atoms with Gasteiger partial charge >= 0.3 is 0 Å². The fraction of sp³-hybridized carbons (Fsp3) is 0.357. The summed E-state index contributed by atoms with van der Waals surface area (Å²) in [5.74, 6) is 0.701. The predicted octanol–water partition coefficient (Wildman–Crippen LogP) is 2.47. The molecular formula is C14H18N4O. The molecule has 1 aromatic carbocycles. The second kappa shape index (κ2) is 5.65. The fourth-order valence-electron chi connectivity index (χ4n) is 1.66. The van der Waals surface area contributed by atoms with Crippen molar-refractivity contribution in [2.75, 3.05) is 5.32 Å². The molecule has 1 atom stereocenters. The Morgan fingerprint density at radius 3 is 2.89 bits per heavy atom. The average molecular weight is 258 g/mol. The van der Waals surface area contributed by atoms with Gasteiger partial charge in [0.15, 0.2) is 5.82 Å². The third kappa shape index (κ3) is 3.19. The number of rotatable bonds is 4. The van der Waals surface area contributed by atoms with Crippen LogP contribution in [0.15, 0.2) is 30.6 Å². The van der Waals surface area contributed by atoms with Crippen LogP contribution in [0.2, 0.25) is 0 Å². The van der Waals surface area contributed by atoms with E-state index in [0.29, 0.717) is 5.82 Å². The highest BCUT2D eigenvalue weighted by Gasteiger charge is 2.11. The summed E-state index contributed by atoms with van der Waals surface area (Å²) in [4.78, 5) is 16.0. The molecule has 0 bridgehead atoms. The summed E-state index contributed by atoms with van der Waals surface area (Å²) in [6.45, 7) is 3.91. The molecule has 0 aliphatic rings. The average Bonchev–Trinajstić information content (AvgIpc) is 2.84. The van der Waals surface area contributed by atoms with Gasteiger partial charge in [-0.1, -0.05) is 26.0 Å². The lowest BCUT2D eigenvalue weighted by atomic mass is 10.1. The Balaban J connectivity index is 2.18. The highest BCUT2D eigenvalue weighted by Crippen LogP contribution is 2.19. The highest BCUT2D eigenvalue weighted by molar-refractivity contribution is 5.92. The Morgan fingerprint density at radius 2 is 2.26 bits per heavy atom. The van der Waals surface area contributed by atoms with Crippen LogP contribution in [0.5, 0.6) is 0 Å². The number of amides is 1. The minimum absolute atomic E-state index is 0.0108. The van der Waals surface area contributed by atoms with Gasteiger partial charge < -0.3 is 5.32 Å². The molecule has 2 aromatic rings. The Labute approximate surface area is 112 Å². The predicted molar refractivity (Wildman–Crippen MR) is 74.5 cm³/mol. The van der Waals surface area contributed by atoms with Crippen molar-refractivity contribution in [2.24, 2.45) is 13.0 Å². The molecule has 5 nitrogen and oxygen atoms in total. The lowest BCUT2D eigenvalue weighted by molar-refractivity contribution is -0.119. The molecule has 1 aromatic heterocycles. The van der Waals surface area contributed by atoms with Crippen LogP contribution in [0, 0.1) is 5.92 Å². The van der Waals surface area contributed by atoms with E-state index < -0.39 is 0 Å². The first-order valence-electron chi connectivity index (χ1n) is 6.37. The Morgan fingerprint density at radius 1 is 1.47 bits per heavy atom. The molecule has 2 rings (SSSR count). The monoisotopic (exact) mass is 258 g/mol. The van der Waals surface area contributed by atoms with Crippen LogP contribution in [0.3, 0.4) is 0 Å². The van der Waals surface area contributed by atoms with Gasteiger partial charge in [-0.15, -0.1) is 0 Å². The third-order valence-electron chi connectivity index (χ3n) is 3.05. The molecule has 0 saturated carbocycles. The quantitative estimate of drug-likeness (QED) is 0.916. The van der Waals surface area contributed by atoms with E-state index in [4.69, 9.17) is 0 Å². The number of anilines is 1. The summed E-state index contributed by atoms with van der Waals surface area (Å²) in [6.07, 6.45) is 2.48. The molecule has 0 radical (unpaired) electrons. The maximum absolute atomic E-state index is 11.8. The van der Waals surface area contributed by atoms with Crippen LogP contribution >= 0.6 is 0 Å². The molecule has 5 heteroatoms. The van der Waals surface area contributed by atoms with Crippen molar-refractivity contribution < 1.29 is 4.79 Å². The maximum Gasteiger partial charge on any atom is 0.227 e. The number of benzene rings is 1. The van der Waals surface area contributed by atoms with Gasteiger partial charge in [0.05, 0.1) is 0 Å². The molecular weight excluding hydrogens is 240 g/mol. The molecule has 1 heterocycles. The first-order valence-corrected chi connectivity index (χ1v) is 6.37. The van der Waals surface area contributed by atoms with Crippen LogP contribution in [0.4, 0.5) is 5.69 Å². The standard InChI is InChI=1S/C14H18N4O/c1-4-10(2)14(19)16-12-7-5-6-11(8-12)13-15-9-18(3)17-13/h5-10H,4H2,1-3H3,(H,16,19). The number of hydrogen-bond acceptors (Lipinski definition) is 3. The van der Waals surface area contributed by atoms with Crippen LogP contribution in [-0.4, -0.2) is 20.7 Å². The van der Waals surface area contributed by atoms with Gasteiger partial charge in [-0.2, -0.15) is 5.10 Å². The van der Waals surface area contributed by atoms with E-state index >= 15 is 0 Å². The summed E-state index contributed by atoms with van der Waals surface area (Å²) in [5.41, 5.74) is 1.66. The zero-order valence-electron chi connectivity index (χ0n) is 11.4. The van der Waals surface area contributed by atoms with Crippen LogP contribution < -0.4 is 5.32 Å². The van der Waals surface area contributed by atoms with E-state index in [1.165, 1.54) is 0 Å². The molecule has 0 spiro atoms. The topological polar surface area (TPSA) is 59.8 Å². The number of hydrogen-bond donors (Lipinski definition) is 1. The molecule has 1 amide bonds. The number of nitrogens with zero attached hydrogens (tertiary/aromatic N) is 3. The van der Waals surface area contributed by atoms with Gasteiger partial charge in [0.25, 0.3) is 0 Å². The van der Waals surface area contributed by atoms with Crippen molar-refractivity contribution in [3.63, 3.8) is 0 Å². The van der Waals surface area contributed by atoms with Crippen LogP contribution in [0.1, 0.15) is 20.3 Å². The molecule has 100 valence electrons. The number of carbonyl (C=O) groups excluding carboxylic acids is 1. The van der Waals surface area contributed by atoms with E-state index in [1.807, 2.05) is 45.2 Å². The van der Waals surface area contributed by atoms with E-state index in [0.717, 1.165) is 17.7 Å². The van der Waals surface area contributed by atoms with Crippen molar-refractivity contribution in [1.82, 2.24) is 14.8 Å². The lowest BCUT2D eigenvalue weighted by Crippen LogP contribution is -2.19. The summed E-state index contributed by atoms with van der Waals surface area (Å²) < 4.78 is 1.65. The molecule has 0 fully saturated rings. The largest absolute Gasteiger partial charge is 0.326 e. The fourth-order valence-corrected chi connectivity index (χ4v) is 1.66. The molecule has 0 aliphatic heterocycles. The summed E-state index contributed by atoms with van der Waals surface area (Å²) >= 11 is 0. The SMILES string of the molecule is CCC(C)C(=O)Nc1cccc(-c2ncn(C)n2)c1. The first-order chi connectivity index (χ1) is 9.10. The summed E-state index contributed by atoms with van der Waals surface area (Å²) in [7, 11) is 1.82. The summed E-state index contributed by atoms with van der Waals surface area (Å²) in [5, 5.41) is 7.15. The smallest absolute Gasteiger partial charge is 0.227 e. The summed E-state index contributed by atoms with van der Waals surface area (Å²) in [6, 6.07) is 7.56. The molecule has 0 saturated heterocycles. The number of aromatic nitrogens is 3. The van der Waals surface area contributed by atoms with Gasteiger partial charge in [0, 0.05) is 24.2 Å². The van der Waals surface area contributed by atoms with Gasteiger partial charge in [-0.3, -0.25) is 9.48 Å². The van der Waals surface area contributed by atoms with E-state index in [9.17, 15) is 4.79 Å². The van der Waals surface area contributed by atoms with Crippen molar-refractivity contribution in [2.45, 2.75) is 20.3 Å². The normalized spacial score (nSPS) is 12.2. The molecule has 0 aliphatic carbocycles. The number of carbonyl (C=O) groups is 1. The van der Waals surface area contributed by atoms with Gasteiger partial charge in [-0.05, 0) is 18.6 Å². The van der Waals surface area contributed by atoms with Gasteiger partial charge in [0.2, 0.25) is 5.91 Å². The number of nitrogens with one attached hydrogen (secondary N) is 1. The minimum Gasteiger partial charge on any atom is -0.326 e.